The molecule has 1 unspecified atom stereocenters. The number of anilines is 1. The van der Waals surface area contributed by atoms with Gasteiger partial charge in [-0.25, -0.2) is 4.98 Å². The first-order valence-electron chi connectivity index (χ1n) is 9.58. The van der Waals surface area contributed by atoms with Gasteiger partial charge in [0.1, 0.15) is 6.61 Å². The predicted molar refractivity (Wildman–Crippen MR) is 117 cm³/mol. The summed E-state index contributed by atoms with van der Waals surface area (Å²) in [5.41, 5.74) is 1.07. The van der Waals surface area contributed by atoms with E-state index in [1.165, 1.54) is 9.60 Å². The average molecular weight is 428 g/mol. The quantitative estimate of drug-likeness (QED) is 0.597. The molecule has 1 amide bonds. The molecular weight excluding hydrogens is 406 g/mol. The molecule has 3 aromatic rings. The van der Waals surface area contributed by atoms with E-state index in [4.69, 9.17) is 14.5 Å². The van der Waals surface area contributed by atoms with Gasteiger partial charge in [0.2, 0.25) is 6.10 Å². The minimum atomic E-state index is -0.581. The van der Waals surface area contributed by atoms with Gasteiger partial charge in [-0.05, 0) is 30.5 Å². The number of thioether (sulfide) groups is 1. The zero-order valence-corrected chi connectivity index (χ0v) is 17.7. The SMILES string of the molecule is CSc1cccc2sc(N3CCN(C(=O)C4COc5ccccc5O4)CC3)nc12. The van der Waals surface area contributed by atoms with Crippen molar-refractivity contribution in [3.05, 3.63) is 42.5 Å². The largest absolute Gasteiger partial charge is 0.485 e. The molecule has 1 fully saturated rings. The van der Waals surface area contributed by atoms with E-state index in [2.05, 4.69) is 29.4 Å². The second-order valence-corrected chi connectivity index (χ2v) is 8.84. The molecule has 0 N–H and O–H groups in total. The van der Waals surface area contributed by atoms with E-state index in [0.29, 0.717) is 24.6 Å². The monoisotopic (exact) mass is 427 g/mol. The lowest BCUT2D eigenvalue weighted by molar-refractivity contribution is -0.141. The predicted octanol–water partition coefficient (Wildman–Crippen LogP) is 3.51. The van der Waals surface area contributed by atoms with Crippen molar-refractivity contribution >= 4 is 44.4 Å². The summed E-state index contributed by atoms with van der Waals surface area (Å²) in [5, 5.41) is 1.03. The maximum atomic E-state index is 12.9. The fourth-order valence-electron chi connectivity index (χ4n) is 3.67. The number of piperazine rings is 1. The number of amides is 1. The Kier molecular flexibility index (Phi) is 4.97. The molecule has 150 valence electrons. The molecule has 5 rings (SSSR count). The summed E-state index contributed by atoms with van der Waals surface area (Å²) in [6.45, 7) is 3.11. The molecule has 29 heavy (non-hydrogen) atoms. The number of fused-ring (bicyclic) bond motifs is 2. The Morgan fingerprint density at radius 1 is 1.10 bits per heavy atom. The summed E-state index contributed by atoms with van der Waals surface area (Å²) in [5.74, 6) is 1.32. The van der Waals surface area contributed by atoms with Gasteiger partial charge in [-0.15, -0.1) is 11.8 Å². The third-order valence-electron chi connectivity index (χ3n) is 5.24. The van der Waals surface area contributed by atoms with Crippen LogP contribution in [0.1, 0.15) is 0 Å². The number of rotatable bonds is 3. The van der Waals surface area contributed by atoms with Gasteiger partial charge in [-0.3, -0.25) is 4.79 Å². The number of para-hydroxylation sites is 3. The highest BCUT2D eigenvalue weighted by molar-refractivity contribution is 7.98. The van der Waals surface area contributed by atoms with Gasteiger partial charge in [0.05, 0.1) is 10.2 Å². The van der Waals surface area contributed by atoms with E-state index in [0.717, 1.165) is 23.7 Å². The number of aromatic nitrogens is 1. The van der Waals surface area contributed by atoms with E-state index in [-0.39, 0.29) is 12.5 Å². The average Bonchev–Trinajstić information content (AvgIpc) is 3.23. The van der Waals surface area contributed by atoms with Crippen molar-refractivity contribution in [2.45, 2.75) is 11.0 Å². The molecule has 0 spiro atoms. The molecular formula is C21H21N3O3S2. The van der Waals surface area contributed by atoms with Gasteiger partial charge in [0, 0.05) is 31.1 Å². The highest BCUT2D eigenvalue weighted by atomic mass is 32.2. The Labute approximate surface area is 177 Å². The molecule has 6 nitrogen and oxygen atoms in total. The van der Waals surface area contributed by atoms with Crippen LogP contribution in [0.25, 0.3) is 10.2 Å². The van der Waals surface area contributed by atoms with Gasteiger partial charge >= 0.3 is 0 Å². The molecule has 0 bridgehead atoms. The van der Waals surface area contributed by atoms with E-state index >= 15 is 0 Å². The van der Waals surface area contributed by atoms with Crippen LogP contribution in [-0.4, -0.2) is 60.9 Å². The van der Waals surface area contributed by atoms with Crippen LogP contribution in [0.3, 0.4) is 0 Å². The van der Waals surface area contributed by atoms with Crippen LogP contribution in [0.2, 0.25) is 0 Å². The molecule has 0 saturated carbocycles. The third kappa shape index (κ3) is 3.51. The second kappa shape index (κ2) is 7.76. The number of thiazole rings is 1. The summed E-state index contributed by atoms with van der Waals surface area (Å²) < 4.78 is 12.8. The number of nitrogens with zero attached hydrogens (tertiary/aromatic N) is 3. The highest BCUT2D eigenvalue weighted by Crippen LogP contribution is 2.35. The van der Waals surface area contributed by atoms with Gasteiger partial charge < -0.3 is 19.3 Å². The van der Waals surface area contributed by atoms with E-state index in [1.54, 1.807) is 23.1 Å². The van der Waals surface area contributed by atoms with Gasteiger partial charge in [0.15, 0.2) is 16.6 Å². The van der Waals surface area contributed by atoms with Crippen LogP contribution in [0.15, 0.2) is 47.4 Å². The maximum absolute atomic E-state index is 12.9. The summed E-state index contributed by atoms with van der Waals surface area (Å²) >= 11 is 3.44. The minimum absolute atomic E-state index is 0.00637. The number of hydrogen-bond acceptors (Lipinski definition) is 7. The zero-order valence-electron chi connectivity index (χ0n) is 16.0. The third-order valence-corrected chi connectivity index (χ3v) is 7.09. The molecule has 1 saturated heterocycles. The molecule has 2 aliphatic rings. The van der Waals surface area contributed by atoms with Gasteiger partial charge in [-0.1, -0.05) is 29.5 Å². The van der Waals surface area contributed by atoms with Crippen molar-refractivity contribution < 1.29 is 14.3 Å². The fraction of sp³-hybridized carbons (Fsp3) is 0.333. The van der Waals surface area contributed by atoms with E-state index < -0.39 is 6.10 Å². The molecule has 2 aromatic carbocycles. The second-order valence-electron chi connectivity index (χ2n) is 6.98. The van der Waals surface area contributed by atoms with Gasteiger partial charge in [-0.2, -0.15) is 0 Å². The minimum Gasteiger partial charge on any atom is -0.485 e. The first-order valence-corrected chi connectivity index (χ1v) is 11.6. The standard InChI is InChI=1S/C21H21N3O3S2/c1-28-17-7-4-8-18-19(17)22-21(29-18)24-11-9-23(10-12-24)20(25)16-13-26-14-5-2-3-6-15(14)27-16/h2-8,16H,9-13H2,1H3. The first kappa shape index (κ1) is 18.6. The van der Waals surface area contributed by atoms with Gasteiger partial charge in [0.25, 0.3) is 5.91 Å². The zero-order chi connectivity index (χ0) is 19.8. The topological polar surface area (TPSA) is 54.9 Å². The molecule has 0 radical (unpaired) electrons. The van der Waals surface area contributed by atoms with Crippen molar-refractivity contribution in [3.8, 4) is 11.5 Å². The van der Waals surface area contributed by atoms with E-state index in [1.807, 2.05) is 29.2 Å². The van der Waals surface area contributed by atoms with Crippen molar-refractivity contribution in [2.24, 2.45) is 0 Å². The van der Waals surface area contributed by atoms with Crippen molar-refractivity contribution in [1.82, 2.24) is 9.88 Å². The van der Waals surface area contributed by atoms with Crippen LogP contribution in [0.5, 0.6) is 11.5 Å². The number of benzene rings is 2. The molecule has 2 aliphatic heterocycles. The molecule has 3 heterocycles. The van der Waals surface area contributed by atoms with Crippen LogP contribution < -0.4 is 14.4 Å². The highest BCUT2D eigenvalue weighted by Gasteiger charge is 2.33. The molecule has 0 aliphatic carbocycles. The molecule has 1 atom stereocenters. The summed E-state index contributed by atoms with van der Waals surface area (Å²) in [7, 11) is 0. The summed E-state index contributed by atoms with van der Waals surface area (Å²) in [4.78, 5) is 23.1. The Bertz CT molecular complexity index is 1050. The maximum Gasteiger partial charge on any atom is 0.267 e. The number of hydrogen-bond donors (Lipinski definition) is 0. The Morgan fingerprint density at radius 3 is 2.69 bits per heavy atom. The summed E-state index contributed by atoms with van der Waals surface area (Å²) in [6.07, 6.45) is 1.50. The van der Waals surface area contributed by atoms with Crippen LogP contribution in [-0.2, 0) is 4.79 Å². The lowest BCUT2D eigenvalue weighted by atomic mass is 10.2. The lowest BCUT2D eigenvalue weighted by Gasteiger charge is -2.37. The number of ether oxygens (including phenoxy) is 2. The lowest BCUT2D eigenvalue weighted by Crippen LogP contribution is -2.54. The number of carbonyl (C=O) groups is 1. The smallest absolute Gasteiger partial charge is 0.267 e. The van der Waals surface area contributed by atoms with Crippen LogP contribution in [0, 0.1) is 0 Å². The normalized spacial score (nSPS) is 18.9. The van der Waals surface area contributed by atoms with Crippen molar-refractivity contribution in [2.75, 3.05) is 43.9 Å². The Balaban J connectivity index is 1.24. The first-order chi connectivity index (χ1) is 14.2. The van der Waals surface area contributed by atoms with Crippen LogP contribution in [0.4, 0.5) is 5.13 Å². The Hall–Kier alpha value is -2.45. The fourth-order valence-corrected chi connectivity index (χ4v) is 5.35. The van der Waals surface area contributed by atoms with Crippen molar-refractivity contribution in [1.29, 1.82) is 0 Å². The molecule has 1 aromatic heterocycles. The van der Waals surface area contributed by atoms with Crippen LogP contribution >= 0.6 is 23.1 Å². The Morgan fingerprint density at radius 2 is 1.90 bits per heavy atom. The van der Waals surface area contributed by atoms with E-state index in [9.17, 15) is 4.79 Å². The molecule has 8 heteroatoms. The van der Waals surface area contributed by atoms with Crippen molar-refractivity contribution in [3.63, 3.8) is 0 Å². The summed E-state index contributed by atoms with van der Waals surface area (Å²) in [6, 6.07) is 13.8. The number of carbonyl (C=O) groups excluding carboxylic acids is 1.